The number of anilines is 3. The summed E-state index contributed by atoms with van der Waals surface area (Å²) < 4.78 is 10.8. The molecule has 2 aromatic rings. The van der Waals surface area contributed by atoms with Gasteiger partial charge in [0.25, 0.3) is 0 Å². The van der Waals surface area contributed by atoms with Crippen LogP contribution in [-0.4, -0.2) is 38.9 Å². The van der Waals surface area contributed by atoms with Crippen molar-refractivity contribution in [3.8, 4) is 5.75 Å². The number of hydrogen-bond acceptors (Lipinski definition) is 4. The van der Waals surface area contributed by atoms with Gasteiger partial charge in [-0.15, -0.1) is 0 Å². The Morgan fingerprint density at radius 3 is 2.23 bits per heavy atom. The van der Waals surface area contributed by atoms with Crippen molar-refractivity contribution in [1.82, 2.24) is 0 Å². The number of benzene rings is 2. The molecule has 0 aliphatic carbocycles. The summed E-state index contributed by atoms with van der Waals surface area (Å²) in [5, 5.41) is 5.65. The summed E-state index contributed by atoms with van der Waals surface area (Å²) in [5.74, 6) is 0.784. The lowest BCUT2D eigenvalue weighted by Gasteiger charge is -2.18. The van der Waals surface area contributed by atoms with Crippen LogP contribution in [0.5, 0.6) is 5.75 Å². The maximum absolute atomic E-state index is 12.1. The first-order chi connectivity index (χ1) is 12.7. The zero-order valence-electron chi connectivity index (χ0n) is 15.2. The van der Waals surface area contributed by atoms with E-state index < -0.39 is 0 Å². The summed E-state index contributed by atoms with van der Waals surface area (Å²) in [6.45, 7) is 4.45. The lowest BCUT2D eigenvalue weighted by atomic mass is 10.2. The van der Waals surface area contributed by atoms with E-state index in [-0.39, 0.29) is 6.03 Å². The van der Waals surface area contributed by atoms with Crippen molar-refractivity contribution in [2.24, 2.45) is 0 Å². The summed E-state index contributed by atoms with van der Waals surface area (Å²) in [6, 6.07) is 14.9. The summed E-state index contributed by atoms with van der Waals surface area (Å²) >= 11 is 0. The Balaban J connectivity index is 1.52. The van der Waals surface area contributed by atoms with Gasteiger partial charge in [0.1, 0.15) is 5.75 Å². The molecule has 0 radical (unpaired) electrons. The number of ether oxygens (including phenoxy) is 2. The number of hydrogen-bond donors (Lipinski definition) is 2. The predicted molar refractivity (Wildman–Crippen MR) is 104 cm³/mol. The number of methoxy groups -OCH3 is 1. The van der Waals surface area contributed by atoms with Crippen LogP contribution in [-0.2, 0) is 4.74 Å². The number of rotatable bonds is 6. The fraction of sp³-hybridized carbons (Fsp3) is 0.350. The van der Waals surface area contributed by atoms with E-state index in [0.29, 0.717) is 18.4 Å². The Kier molecular flexibility index (Phi) is 5.96. The van der Waals surface area contributed by atoms with Crippen LogP contribution in [0.15, 0.2) is 48.5 Å². The quantitative estimate of drug-likeness (QED) is 0.823. The highest BCUT2D eigenvalue weighted by molar-refractivity contribution is 5.99. The molecule has 1 atom stereocenters. The third-order valence-corrected chi connectivity index (χ3v) is 4.39. The standard InChI is InChI=1S/C20H25N3O3/c1-3-26-18-10-6-16(7-11-18)22-20(24)21-15-4-8-17(9-5-15)23-13-12-19(14-23)25-2/h4-11,19H,3,12-14H2,1-2H3,(H2,21,22,24). The molecule has 1 unspecified atom stereocenters. The largest absolute Gasteiger partial charge is 0.494 e. The highest BCUT2D eigenvalue weighted by Crippen LogP contribution is 2.23. The number of nitrogens with one attached hydrogen (secondary N) is 2. The average Bonchev–Trinajstić information content (AvgIpc) is 3.13. The maximum atomic E-state index is 12.1. The molecule has 0 saturated carbocycles. The molecule has 1 aliphatic rings. The molecular weight excluding hydrogens is 330 g/mol. The minimum atomic E-state index is -0.275. The normalized spacial score (nSPS) is 16.4. The first-order valence-electron chi connectivity index (χ1n) is 8.86. The Bertz CT molecular complexity index is 716. The van der Waals surface area contributed by atoms with Gasteiger partial charge in [0.15, 0.2) is 0 Å². The minimum Gasteiger partial charge on any atom is -0.494 e. The van der Waals surface area contributed by atoms with E-state index in [1.807, 2.05) is 55.5 Å². The van der Waals surface area contributed by atoms with Crippen molar-refractivity contribution in [1.29, 1.82) is 0 Å². The first-order valence-corrected chi connectivity index (χ1v) is 8.86. The summed E-state index contributed by atoms with van der Waals surface area (Å²) in [5.41, 5.74) is 2.60. The van der Waals surface area contributed by atoms with E-state index in [9.17, 15) is 4.79 Å². The molecule has 2 aromatic carbocycles. The Morgan fingerprint density at radius 2 is 1.69 bits per heavy atom. The van der Waals surface area contributed by atoms with Gasteiger partial charge in [-0.1, -0.05) is 0 Å². The topological polar surface area (TPSA) is 62.8 Å². The number of carbonyl (C=O) groups excluding carboxylic acids is 1. The molecule has 0 spiro atoms. The van der Waals surface area contributed by atoms with Crippen molar-refractivity contribution in [3.05, 3.63) is 48.5 Å². The number of urea groups is 1. The highest BCUT2D eigenvalue weighted by atomic mass is 16.5. The van der Waals surface area contributed by atoms with E-state index in [1.165, 1.54) is 0 Å². The molecular formula is C20H25N3O3. The molecule has 138 valence electrons. The van der Waals surface area contributed by atoms with Crippen molar-refractivity contribution < 1.29 is 14.3 Å². The molecule has 3 rings (SSSR count). The fourth-order valence-electron chi connectivity index (χ4n) is 3.01. The Labute approximate surface area is 154 Å². The van der Waals surface area contributed by atoms with Crippen LogP contribution in [0.3, 0.4) is 0 Å². The molecule has 1 heterocycles. The maximum Gasteiger partial charge on any atom is 0.323 e. The minimum absolute atomic E-state index is 0.275. The van der Waals surface area contributed by atoms with Gasteiger partial charge in [0, 0.05) is 37.3 Å². The molecule has 1 fully saturated rings. The second kappa shape index (κ2) is 8.58. The van der Waals surface area contributed by atoms with Gasteiger partial charge in [-0.2, -0.15) is 0 Å². The number of nitrogens with zero attached hydrogens (tertiary/aromatic N) is 1. The van der Waals surface area contributed by atoms with Gasteiger partial charge in [-0.25, -0.2) is 4.79 Å². The molecule has 6 nitrogen and oxygen atoms in total. The number of carbonyl (C=O) groups is 1. The van der Waals surface area contributed by atoms with E-state index in [0.717, 1.165) is 36.6 Å². The van der Waals surface area contributed by atoms with Gasteiger partial charge in [-0.05, 0) is 61.9 Å². The van der Waals surface area contributed by atoms with Gasteiger partial charge in [-0.3, -0.25) is 0 Å². The zero-order valence-corrected chi connectivity index (χ0v) is 15.2. The van der Waals surface area contributed by atoms with E-state index in [2.05, 4.69) is 15.5 Å². The van der Waals surface area contributed by atoms with E-state index in [1.54, 1.807) is 7.11 Å². The third-order valence-electron chi connectivity index (χ3n) is 4.39. The lowest BCUT2D eigenvalue weighted by molar-refractivity contribution is 0.121. The smallest absolute Gasteiger partial charge is 0.323 e. The van der Waals surface area contributed by atoms with Gasteiger partial charge in [0.05, 0.1) is 12.7 Å². The molecule has 2 amide bonds. The van der Waals surface area contributed by atoms with Crippen molar-refractivity contribution in [3.63, 3.8) is 0 Å². The summed E-state index contributed by atoms with van der Waals surface area (Å²) in [4.78, 5) is 14.4. The van der Waals surface area contributed by atoms with Crippen LogP contribution < -0.4 is 20.3 Å². The monoisotopic (exact) mass is 355 g/mol. The second-order valence-electron chi connectivity index (χ2n) is 6.18. The summed E-state index contributed by atoms with van der Waals surface area (Å²) in [6.07, 6.45) is 1.34. The van der Waals surface area contributed by atoms with Crippen LogP contribution in [0.4, 0.5) is 21.9 Å². The third kappa shape index (κ3) is 4.67. The molecule has 1 aliphatic heterocycles. The highest BCUT2D eigenvalue weighted by Gasteiger charge is 2.22. The van der Waals surface area contributed by atoms with Crippen LogP contribution in [0, 0.1) is 0 Å². The predicted octanol–water partition coefficient (Wildman–Crippen LogP) is 3.95. The molecule has 0 bridgehead atoms. The number of amides is 2. The van der Waals surface area contributed by atoms with Gasteiger partial charge >= 0.3 is 6.03 Å². The lowest BCUT2D eigenvalue weighted by Crippen LogP contribution is -2.22. The Hall–Kier alpha value is -2.73. The molecule has 0 aromatic heterocycles. The van der Waals surface area contributed by atoms with Crippen molar-refractivity contribution in [2.75, 3.05) is 42.3 Å². The van der Waals surface area contributed by atoms with Crippen molar-refractivity contribution in [2.45, 2.75) is 19.4 Å². The van der Waals surface area contributed by atoms with Gasteiger partial charge < -0.3 is 25.0 Å². The van der Waals surface area contributed by atoms with Crippen molar-refractivity contribution >= 4 is 23.1 Å². The Morgan fingerprint density at radius 1 is 1.08 bits per heavy atom. The molecule has 1 saturated heterocycles. The van der Waals surface area contributed by atoms with Crippen LogP contribution in [0.2, 0.25) is 0 Å². The zero-order chi connectivity index (χ0) is 18.4. The van der Waals surface area contributed by atoms with E-state index in [4.69, 9.17) is 9.47 Å². The van der Waals surface area contributed by atoms with Gasteiger partial charge in [0.2, 0.25) is 0 Å². The molecule has 2 N–H and O–H groups in total. The van der Waals surface area contributed by atoms with Crippen LogP contribution in [0.25, 0.3) is 0 Å². The summed E-state index contributed by atoms with van der Waals surface area (Å²) in [7, 11) is 1.75. The second-order valence-corrected chi connectivity index (χ2v) is 6.18. The average molecular weight is 355 g/mol. The molecule has 26 heavy (non-hydrogen) atoms. The van der Waals surface area contributed by atoms with Crippen LogP contribution in [0.1, 0.15) is 13.3 Å². The first kappa shape index (κ1) is 18.1. The molecule has 6 heteroatoms. The SMILES string of the molecule is CCOc1ccc(NC(=O)Nc2ccc(N3CCC(OC)C3)cc2)cc1. The fourth-order valence-corrected chi connectivity index (χ4v) is 3.01. The van der Waals surface area contributed by atoms with E-state index >= 15 is 0 Å². The van der Waals surface area contributed by atoms with Crippen LogP contribution >= 0.6 is 0 Å².